The van der Waals surface area contributed by atoms with Gasteiger partial charge < -0.3 is 14.4 Å². The van der Waals surface area contributed by atoms with Gasteiger partial charge >= 0.3 is 0 Å². The highest BCUT2D eigenvalue weighted by Gasteiger charge is 2.38. The molecule has 0 radical (unpaired) electrons. The Bertz CT molecular complexity index is 564. The van der Waals surface area contributed by atoms with E-state index in [1.165, 1.54) is 0 Å². The third-order valence-electron chi connectivity index (χ3n) is 4.37. The molecule has 1 aromatic carbocycles. The zero-order chi connectivity index (χ0) is 15.4. The second kappa shape index (κ2) is 6.80. The lowest BCUT2D eigenvalue weighted by Gasteiger charge is -2.37. The molecule has 116 valence electrons. The molecule has 0 unspecified atom stereocenters. The van der Waals surface area contributed by atoms with Gasteiger partial charge in [-0.15, -0.1) is 0 Å². The number of hydrogen-bond acceptors (Lipinski definition) is 4. The number of ether oxygens (including phenoxy) is 2. The van der Waals surface area contributed by atoms with E-state index in [0.29, 0.717) is 25.3 Å². The number of morpholine rings is 1. The number of benzene rings is 1. The highest BCUT2D eigenvalue weighted by atomic mass is 16.5. The molecule has 0 bridgehead atoms. The molecule has 5 nitrogen and oxygen atoms in total. The van der Waals surface area contributed by atoms with Crippen molar-refractivity contribution >= 4 is 5.91 Å². The summed E-state index contributed by atoms with van der Waals surface area (Å²) in [5, 5.41) is 8.64. The van der Waals surface area contributed by atoms with Gasteiger partial charge in [-0.3, -0.25) is 4.79 Å². The van der Waals surface area contributed by atoms with Crippen molar-refractivity contribution in [3.63, 3.8) is 0 Å². The van der Waals surface area contributed by atoms with Crippen LogP contribution in [0.5, 0.6) is 5.75 Å². The molecule has 3 rings (SSSR count). The third-order valence-corrected chi connectivity index (χ3v) is 4.37. The Morgan fingerprint density at radius 3 is 2.95 bits per heavy atom. The number of carbonyl (C=O) groups is 1. The topological polar surface area (TPSA) is 62.6 Å². The summed E-state index contributed by atoms with van der Waals surface area (Å²) in [7, 11) is 0. The Morgan fingerprint density at radius 2 is 2.18 bits per heavy atom. The molecule has 1 aliphatic carbocycles. The van der Waals surface area contributed by atoms with E-state index in [-0.39, 0.29) is 24.7 Å². The summed E-state index contributed by atoms with van der Waals surface area (Å²) in [5.41, 5.74) is 0.947. The van der Waals surface area contributed by atoms with Gasteiger partial charge in [-0.1, -0.05) is 12.1 Å². The first-order valence-corrected chi connectivity index (χ1v) is 7.77. The van der Waals surface area contributed by atoms with E-state index in [0.717, 1.165) is 24.8 Å². The van der Waals surface area contributed by atoms with Crippen LogP contribution in [-0.4, -0.2) is 42.7 Å². The average Bonchev–Trinajstić information content (AvgIpc) is 3.02. The molecule has 1 saturated heterocycles. The van der Waals surface area contributed by atoms with Crippen molar-refractivity contribution in [1.82, 2.24) is 4.90 Å². The van der Waals surface area contributed by atoms with Crippen LogP contribution < -0.4 is 4.74 Å². The predicted molar refractivity (Wildman–Crippen MR) is 80.3 cm³/mol. The number of nitrogens with zero attached hydrogens (tertiary/aromatic N) is 2. The lowest BCUT2D eigenvalue weighted by molar-refractivity contribution is -0.146. The van der Waals surface area contributed by atoms with E-state index in [4.69, 9.17) is 14.7 Å². The molecule has 2 atom stereocenters. The smallest absolute Gasteiger partial charge is 0.260 e. The molecule has 1 heterocycles. The number of rotatable bonds is 4. The second-order valence-corrected chi connectivity index (χ2v) is 5.76. The minimum atomic E-state index is 0.0290. The van der Waals surface area contributed by atoms with Crippen molar-refractivity contribution in [2.75, 3.05) is 19.8 Å². The molecule has 1 amide bonds. The van der Waals surface area contributed by atoms with Gasteiger partial charge in [0, 0.05) is 6.54 Å². The molecule has 2 fully saturated rings. The van der Waals surface area contributed by atoms with Crippen LogP contribution in [0.3, 0.4) is 0 Å². The molecule has 1 aliphatic heterocycles. The minimum Gasteiger partial charge on any atom is -0.484 e. The van der Waals surface area contributed by atoms with Crippen LogP contribution in [0.2, 0.25) is 0 Å². The van der Waals surface area contributed by atoms with Crippen LogP contribution in [0.4, 0.5) is 0 Å². The van der Waals surface area contributed by atoms with Crippen molar-refractivity contribution in [1.29, 1.82) is 5.26 Å². The van der Waals surface area contributed by atoms with E-state index >= 15 is 0 Å². The Hall–Kier alpha value is -2.06. The monoisotopic (exact) mass is 300 g/mol. The number of nitriles is 1. The SMILES string of the molecule is N#CCc1ccc(OCC(=O)N2CCO[C@H]3CCC[C@H]32)cc1. The van der Waals surface area contributed by atoms with Crippen molar-refractivity contribution in [3.8, 4) is 11.8 Å². The van der Waals surface area contributed by atoms with Gasteiger partial charge in [0.15, 0.2) is 6.61 Å². The lowest BCUT2D eigenvalue weighted by Crippen LogP contribution is -2.52. The molecule has 1 saturated carbocycles. The largest absolute Gasteiger partial charge is 0.484 e. The van der Waals surface area contributed by atoms with Gasteiger partial charge in [-0.25, -0.2) is 0 Å². The Labute approximate surface area is 130 Å². The molecule has 0 aromatic heterocycles. The van der Waals surface area contributed by atoms with Crippen LogP contribution in [0.15, 0.2) is 24.3 Å². The van der Waals surface area contributed by atoms with Crippen LogP contribution in [0.1, 0.15) is 24.8 Å². The summed E-state index contributed by atoms with van der Waals surface area (Å²) in [6.07, 6.45) is 3.80. The normalized spacial score (nSPS) is 23.7. The summed E-state index contributed by atoms with van der Waals surface area (Å²) in [6, 6.07) is 9.64. The average molecular weight is 300 g/mol. The van der Waals surface area contributed by atoms with Gasteiger partial charge in [-0.2, -0.15) is 5.26 Å². The van der Waals surface area contributed by atoms with Gasteiger partial charge in [0.25, 0.3) is 5.91 Å². The van der Waals surface area contributed by atoms with Crippen molar-refractivity contribution in [2.24, 2.45) is 0 Å². The van der Waals surface area contributed by atoms with Gasteiger partial charge in [0.05, 0.1) is 31.2 Å². The molecule has 2 aliphatic rings. The fourth-order valence-electron chi connectivity index (χ4n) is 3.26. The number of carbonyl (C=O) groups excluding carboxylic acids is 1. The first-order chi connectivity index (χ1) is 10.8. The van der Waals surface area contributed by atoms with Crippen LogP contribution in [0, 0.1) is 11.3 Å². The second-order valence-electron chi connectivity index (χ2n) is 5.76. The van der Waals surface area contributed by atoms with Crippen LogP contribution in [0.25, 0.3) is 0 Å². The van der Waals surface area contributed by atoms with E-state index in [9.17, 15) is 4.79 Å². The maximum Gasteiger partial charge on any atom is 0.260 e. The van der Waals surface area contributed by atoms with Crippen LogP contribution in [-0.2, 0) is 16.0 Å². The standard InChI is InChI=1S/C17H20N2O3/c18-9-8-13-4-6-14(7-5-13)22-12-17(20)19-10-11-21-16-3-1-2-15(16)19/h4-7,15-16H,1-3,8,10-12H2/t15-,16+/m1/s1. The van der Waals surface area contributed by atoms with Crippen molar-refractivity contribution in [2.45, 2.75) is 37.8 Å². The third kappa shape index (κ3) is 3.23. The fourth-order valence-corrected chi connectivity index (χ4v) is 3.26. The van der Waals surface area contributed by atoms with Crippen molar-refractivity contribution in [3.05, 3.63) is 29.8 Å². The van der Waals surface area contributed by atoms with E-state index in [1.54, 1.807) is 12.1 Å². The maximum absolute atomic E-state index is 12.4. The Balaban J connectivity index is 1.54. The highest BCUT2D eigenvalue weighted by molar-refractivity contribution is 5.78. The first kappa shape index (κ1) is 14.9. The molecule has 5 heteroatoms. The molecular formula is C17H20N2O3. The number of hydrogen-bond donors (Lipinski definition) is 0. The van der Waals surface area contributed by atoms with Gasteiger partial charge in [-0.05, 0) is 37.0 Å². The lowest BCUT2D eigenvalue weighted by atomic mass is 10.1. The minimum absolute atomic E-state index is 0.0290. The van der Waals surface area contributed by atoms with E-state index in [1.807, 2.05) is 17.0 Å². The Morgan fingerprint density at radius 1 is 1.36 bits per heavy atom. The molecular weight excluding hydrogens is 280 g/mol. The van der Waals surface area contributed by atoms with Crippen LogP contribution >= 0.6 is 0 Å². The first-order valence-electron chi connectivity index (χ1n) is 7.77. The van der Waals surface area contributed by atoms with E-state index in [2.05, 4.69) is 6.07 Å². The zero-order valence-corrected chi connectivity index (χ0v) is 12.5. The van der Waals surface area contributed by atoms with Gasteiger partial charge in [0.2, 0.25) is 0 Å². The molecule has 0 N–H and O–H groups in total. The van der Waals surface area contributed by atoms with E-state index < -0.39 is 0 Å². The highest BCUT2D eigenvalue weighted by Crippen LogP contribution is 2.29. The van der Waals surface area contributed by atoms with Crippen molar-refractivity contribution < 1.29 is 14.3 Å². The quantitative estimate of drug-likeness (QED) is 0.852. The molecule has 0 spiro atoms. The summed E-state index contributed by atoms with van der Waals surface area (Å²) < 4.78 is 11.3. The summed E-state index contributed by atoms with van der Waals surface area (Å²) >= 11 is 0. The summed E-state index contributed by atoms with van der Waals surface area (Å²) in [5.74, 6) is 0.688. The fraction of sp³-hybridized carbons (Fsp3) is 0.529. The Kier molecular flexibility index (Phi) is 4.59. The maximum atomic E-state index is 12.4. The number of fused-ring (bicyclic) bond motifs is 1. The molecule has 22 heavy (non-hydrogen) atoms. The predicted octanol–water partition coefficient (Wildman–Crippen LogP) is 1.91. The summed E-state index contributed by atoms with van der Waals surface area (Å²) in [4.78, 5) is 14.3. The van der Waals surface area contributed by atoms with Gasteiger partial charge in [0.1, 0.15) is 5.75 Å². The zero-order valence-electron chi connectivity index (χ0n) is 12.5. The summed E-state index contributed by atoms with van der Waals surface area (Å²) in [6.45, 7) is 1.33. The number of amides is 1. The molecule has 1 aromatic rings.